The summed E-state index contributed by atoms with van der Waals surface area (Å²) in [6.45, 7) is 0. The molecule has 2 heterocycles. The van der Waals surface area contributed by atoms with E-state index in [0.717, 1.165) is 5.56 Å². The zero-order valence-corrected chi connectivity index (χ0v) is 11.7. The van der Waals surface area contributed by atoms with Gasteiger partial charge in [0.1, 0.15) is 5.75 Å². The maximum absolute atomic E-state index is 11.2. The van der Waals surface area contributed by atoms with Gasteiger partial charge in [-0.05, 0) is 17.7 Å². The quantitative estimate of drug-likeness (QED) is 0.847. The molecule has 0 saturated carbocycles. The number of sulfone groups is 1. The average molecular weight is 307 g/mol. The van der Waals surface area contributed by atoms with Gasteiger partial charge in [-0.15, -0.1) is 0 Å². The van der Waals surface area contributed by atoms with Crippen LogP contribution in [0.3, 0.4) is 0 Å². The molecule has 1 fully saturated rings. The van der Waals surface area contributed by atoms with Crippen LogP contribution in [0, 0.1) is 0 Å². The van der Waals surface area contributed by atoms with Crippen molar-refractivity contribution in [1.82, 2.24) is 9.78 Å². The Morgan fingerprint density at radius 2 is 2.05 bits per heavy atom. The number of aromatic hydroxyl groups is 1. The number of hydrogen-bond acceptors (Lipinski definition) is 5. The maximum atomic E-state index is 11.2. The summed E-state index contributed by atoms with van der Waals surface area (Å²) < 4.78 is 24.0. The van der Waals surface area contributed by atoms with Gasteiger partial charge < -0.3 is 10.8 Å². The van der Waals surface area contributed by atoms with Crippen molar-refractivity contribution in [2.75, 3.05) is 11.5 Å². The predicted molar refractivity (Wildman–Crippen MR) is 75.5 cm³/mol. The molecule has 1 aliphatic rings. The first-order valence-electron chi connectivity index (χ1n) is 6.23. The van der Waals surface area contributed by atoms with Crippen LogP contribution in [0.25, 0.3) is 11.1 Å². The largest absolute Gasteiger partial charge is 0.507 e. The molecule has 1 aromatic carbocycles. The minimum Gasteiger partial charge on any atom is -0.507 e. The fourth-order valence-electron chi connectivity index (χ4n) is 2.29. The van der Waals surface area contributed by atoms with Crippen molar-refractivity contribution in [3.05, 3.63) is 36.2 Å². The Balaban J connectivity index is 1.90. The van der Waals surface area contributed by atoms with Crippen LogP contribution in [-0.4, -0.2) is 40.7 Å². The number of primary amides is 1. The molecular formula is C13H13N3O4S. The zero-order chi connectivity index (χ0) is 15.2. The number of nitrogens with zero attached hydrogens (tertiary/aromatic N) is 2. The number of aromatic nitrogens is 2. The molecule has 7 nitrogen and oxygen atoms in total. The highest BCUT2D eigenvalue weighted by atomic mass is 32.2. The van der Waals surface area contributed by atoms with Crippen molar-refractivity contribution in [2.24, 2.45) is 5.73 Å². The van der Waals surface area contributed by atoms with E-state index in [1.54, 1.807) is 23.1 Å². The summed E-state index contributed by atoms with van der Waals surface area (Å²) in [5.74, 6) is -0.706. The second-order valence-corrected chi connectivity index (χ2v) is 7.19. The van der Waals surface area contributed by atoms with Crippen LogP contribution >= 0.6 is 0 Å². The number of amides is 1. The van der Waals surface area contributed by atoms with Gasteiger partial charge >= 0.3 is 0 Å². The Morgan fingerprint density at radius 1 is 1.33 bits per heavy atom. The molecule has 3 rings (SSSR count). The van der Waals surface area contributed by atoms with Crippen LogP contribution in [-0.2, 0) is 9.84 Å². The smallest absolute Gasteiger partial charge is 0.252 e. The topological polar surface area (TPSA) is 115 Å². The van der Waals surface area contributed by atoms with Gasteiger partial charge in [-0.25, -0.2) is 8.42 Å². The molecule has 21 heavy (non-hydrogen) atoms. The minimum absolute atomic E-state index is 0.0338. The summed E-state index contributed by atoms with van der Waals surface area (Å²) in [5.41, 5.74) is 6.62. The Morgan fingerprint density at radius 3 is 2.67 bits per heavy atom. The lowest BCUT2D eigenvalue weighted by Gasteiger charge is -2.25. The van der Waals surface area contributed by atoms with E-state index in [0.29, 0.717) is 5.56 Å². The van der Waals surface area contributed by atoms with Crippen LogP contribution in [0.15, 0.2) is 30.6 Å². The average Bonchev–Trinajstić information content (AvgIpc) is 2.85. The Labute approximate surface area is 120 Å². The molecule has 2 aromatic rings. The van der Waals surface area contributed by atoms with E-state index in [2.05, 4.69) is 5.10 Å². The van der Waals surface area contributed by atoms with Crippen LogP contribution in [0.4, 0.5) is 0 Å². The van der Waals surface area contributed by atoms with Crippen LogP contribution in [0.5, 0.6) is 5.75 Å². The third-order valence-corrected chi connectivity index (χ3v) is 5.25. The summed E-state index contributed by atoms with van der Waals surface area (Å²) in [4.78, 5) is 11.2. The predicted octanol–water partition coefficient (Wildman–Crippen LogP) is 0.324. The second-order valence-electron chi connectivity index (χ2n) is 5.04. The third-order valence-electron chi connectivity index (χ3n) is 3.46. The van der Waals surface area contributed by atoms with Gasteiger partial charge in [0, 0.05) is 11.8 Å². The number of hydrogen-bond donors (Lipinski definition) is 2. The van der Waals surface area contributed by atoms with E-state index in [4.69, 9.17) is 5.73 Å². The number of rotatable bonds is 3. The number of nitrogens with two attached hydrogens (primary N) is 1. The summed E-state index contributed by atoms with van der Waals surface area (Å²) >= 11 is 0. The monoisotopic (exact) mass is 307 g/mol. The SMILES string of the molecule is NC(=O)c1cc(-c2cnn(C3CS(=O)(=O)C3)c2)ccc1O. The molecule has 3 N–H and O–H groups in total. The highest BCUT2D eigenvalue weighted by Crippen LogP contribution is 2.28. The van der Waals surface area contributed by atoms with E-state index in [1.165, 1.54) is 12.1 Å². The van der Waals surface area contributed by atoms with Gasteiger partial charge in [-0.2, -0.15) is 5.10 Å². The summed E-state index contributed by atoms with van der Waals surface area (Å²) in [7, 11) is -2.91. The zero-order valence-electron chi connectivity index (χ0n) is 10.9. The summed E-state index contributed by atoms with van der Waals surface area (Å²) in [6, 6.07) is 4.37. The van der Waals surface area contributed by atoms with Crippen molar-refractivity contribution in [2.45, 2.75) is 6.04 Å². The van der Waals surface area contributed by atoms with Gasteiger partial charge in [0.05, 0.1) is 29.3 Å². The lowest BCUT2D eigenvalue weighted by Crippen LogP contribution is -2.38. The first-order valence-corrected chi connectivity index (χ1v) is 8.05. The first-order chi connectivity index (χ1) is 9.85. The van der Waals surface area contributed by atoms with E-state index in [-0.39, 0.29) is 28.9 Å². The lowest BCUT2D eigenvalue weighted by molar-refractivity contribution is 0.0998. The molecule has 110 valence electrons. The number of carbonyl (C=O) groups is 1. The summed E-state index contributed by atoms with van der Waals surface area (Å²) in [6.07, 6.45) is 3.30. The molecule has 0 bridgehead atoms. The summed E-state index contributed by atoms with van der Waals surface area (Å²) in [5, 5.41) is 13.7. The maximum Gasteiger partial charge on any atom is 0.252 e. The highest BCUT2D eigenvalue weighted by Gasteiger charge is 2.35. The van der Waals surface area contributed by atoms with Crippen molar-refractivity contribution in [3.63, 3.8) is 0 Å². The number of phenols is 1. The van der Waals surface area contributed by atoms with E-state index >= 15 is 0 Å². The Kier molecular flexibility index (Phi) is 2.98. The minimum atomic E-state index is -2.91. The second kappa shape index (κ2) is 4.59. The van der Waals surface area contributed by atoms with Crippen molar-refractivity contribution in [3.8, 4) is 16.9 Å². The molecule has 8 heteroatoms. The lowest BCUT2D eigenvalue weighted by atomic mass is 10.1. The van der Waals surface area contributed by atoms with Gasteiger partial charge in [0.15, 0.2) is 9.84 Å². The normalized spacial score (nSPS) is 17.3. The van der Waals surface area contributed by atoms with Crippen LogP contribution < -0.4 is 5.73 Å². The fraction of sp³-hybridized carbons (Fsp3) is 0.231. The molecule has 0 spiro atoms. The molecule has 1 aliphatic heterocycles. The van der Waals surface area contributed by atoms with Crippen LogP contribution in [0.2, 0.25) is 0 Å². The molecule has 0 aliphatic carbocycles. The van der Waals surface area contributed by atoms with Gasteiger partial charge in [0.25, 0.3) is 5.91 Å². The first kappa shape index (κ1) is 13.6. The van der Waals surface area contributed by atoms with E-state index in [9.17, 15) is 18.3 Å². The van der Waals surface area contributed by atoms with Crippen molar-refractivity contribution >= 4 is 15.7 Å². The molecule has 1 amide bonds. The molecule has 0 atom stereocenters. The van der Waals surface area contributed by atoms with Gasteiger partial charge in [-0.3, -0.25) is 9.48 Å². The van der Waals surface area contributed by atoms with Crippen LogP contribution in [0.1, 0.15) is 16.4 Å². The van der Waals surface area contributed by atoms with Crippen molar-refractivity contribution < 1.29 is 18.3 Å². The third kappa shape index (κ3) is 2.49. The Hall–Kier alpha value is -2.35. The van der Waals surface area contributed by atoms with E-state index < -0.39 is 15.7 Å². The molecule has 1 saturated heterocycles. The molecule has 0 radical (unpaired) electrons. The highest BCUT2D eigenvalue weighted by molar-refractivity contribution is 7.92. The number of carbonyl (C=O) groups excluding carboxylic acids is 1. The standard InChI is InChI=1S/C13H13N3O4S/c14-13(18)11-3-8(1-2-12(11)17)9-4-15-16(5-9)10-6-21(19,20)7-10/h1-5,10,17H,6-7H2,(H2,14,18). The van der Waals surface area contributed by atoms with Gasteiger partial charge in [0.2, 0.25) is 0 Å². The number of benzene rings is 1. The molecule has 0 unspecified atom stereocenters. The van der Waals surface area contributed by atoms with E-state index in [1.807, 2.05) is 0 Å². The molecular weight excluding hydrogens is 294 g/mol. The van der Waals surface area contributed by atoms with Crippen molar-refractivity contribution in [1.29, 1.82) is 0 Å². The van der Waals surface area contributed by atoms with Gasteiger partial charge in [-0.1, -0.05) is 6.07 Å². The Bertz CT molecular complexity index is 814. The fourth-order valence-corrected chi connectivity index (χ4v) is 3.67. The molecule has 1 aromatic heterocycles.